The number of morpholine rings is 1. The first-order valence-corrected chi connectivity index (χ1v) is 14.1. The van der Waals surface area contributed by atoms with Crippen molar-refractivity contribution in [3.63, 3.8) is 0 Å². The van der Waals surface area contributed by atoms with Crippen LogP contribution in [0.2, 0.25) is 15.1 Å². The summed E-state index contributed by atoms with van der Waals surface area (Å²) in [5.41, 5.74) is 1.28. The number of hydrogen-bond acceptors (Lipinski definition) is 6. The van der Waals surface area contributed by atoms with Crippen LogP contribution in [0.5, 0.6) is 0 Å². The highest BCUT2D eigenvalue weighted by Gasteiger charge is 2.30. The molecule has 0 unspecified atom stereocenters. The van der Waals surface area contributed by atoms with Crippen LogP contribution >= 0.6 is 34.8 Å². The number of sulfonamides is 1. The number of nitrogens with zero attached hydrogens (tertiary/aromatic N) is 3. The van der Waals surface area contributed by atoms with Gasteiger partial charge in [0.15, 0.2) is 5.76 Å². The molecule has 0 saturated carbocycles. The summed E-state index contributed by atoms with van der Waals surface area (Å²) >= 11 is 19.0. The van der Waals surface area contributed by atoms with E-state index in [1.165, 1.54) is 10.4 Å². The normalized spacial score (nSPS) is 18.0. The molecule has 8 nitrogen and oxygen atoms in total. The van der Waals surface area contributed by atoms with E-state index < -0.39 is 10.0 Å². The molecule has 192 valence electrons. The van der Waals surface area contributed by atoms with Crippen molar-refractivity contribution in [1.29, 1.82) is 0 Å². The monoisotopic (exact) mass is 571 g/mol. The molecule has 0 aliphatic carbocycles. The highest BCUT2D eigenvalue weighted by molar-refractivity contribution is 7.89. The van der Waals surface area contributed by atoms with Gasteiger partial charge < -0.3 is 19.0 Å². The predicted octanol–water partition coefficient (Wildman–Crippen LogP) is 4.77. The lowest BCUT2D eigenvalue weighted by atomic mass is 10.2. The molecular formula is C24H24Cl3N3O5S. The van der Waals surface area contributed by atoms with E-state index in [2.05, 4.69) is 0 Å². The standard InChI is InChI=1S/C24H24Cl3N3O5S/c25-17-3-1-4-21(23(17)27)36(32,33)30-8-2-7-28(9-10-30)18-5-6-19-16(22(18)26)15-20(35-19)24(31)29-11-13-34-14-12-29/h1,3-6,15H,2,7-14H2. The summed E-state index contributed by atoms with van der Waals surface area (Å²) in [5.74, 6) is 0.0416. The Morgan fingerprint density at radius 2 is 1.67 bits per heavy atom. The Kier molecular flexibility index (Phi) is 7.40. The Morgan fingerprint density at radius 1 is 0.889 bits per heavy atom. The molecule has 3 aromatic rings. The number of hydrogen-bond donors (Lipinski definition) is 0. The van der Waals surface area contributed by atoms with Crippen molar-refractivity contribution in [1.82, 2.24) is 9.21 Å². The van der Waals surface area contributed by atoms with Crippen LogP contribution in [0.3, 0.4) is 0 Å². The van der Waals surface area contributed by atoms with E-state index in [9.17, 15) is 13.2 Å². The molecule has 0 spiro atoms. The van der Waals surface area contributed by atoms with Gasteiger partial charge in [-0.05, 0) is 36.8 Å². The fourth-order valence-electron chi connectivity index (χ4n) is 4.54. The summed E-state index contributed by atoms with van der Waals surface area (Å²) < 4.78 is 39.1. The Morgan fingerprint density at radius 3 is 2.44 bits per heavy atom. The number of halogens is 3. The second kappa shape index (κ2) is 10.4. The molecule has 2 aliphatic heterocycles. The lowest BCUT2D eigenvalue weighted by Crippen LogP contribution is -2.40. The molecule has 2 aliphatic rings. The molecule has 5 rings (SSSR count). The third-order valence-corrected chi connectivity index (χ3v) is 9.72. The number of fused-ring (bicyclic) bond motifs is 1. The molecule has 3 heterocycles. The summed E-state index contributed by atoms with van der Waals surface area (Å²) in [6.45, 7) is 3.67. The second-order valence-corrected chi connectivity index (χ2v) is 11.7. The van der Waals surface area contributed by atoms with Crippen LogP contribution in [0.25, 0.3) is 11.0 Å². The molecule has 1 amide bonds. The Labute approximate surface area is 224 Å². The second-order valence-electron chi connectivity index (χ2n) is 8.62. The average molecular weight is 573 g/mol. The Bertz CT molecular complexity index is 1410. The summed E-state index contributed by atoms with van der Waals surface area (Å²) in [4.78, 5) is 16.6. The van der Waals surface area contributed by atoms with E-state index in [1.54, 1.807) is 29.2 Å². The van der Waals surface area contributed by atoms with Gasteiger partial charge in [0, 0.05) is 44.7 Å². The number of anilines is 1. The number of benzene rings is 2. The van der Waals surface area contributed by atoms with Crippen LogP contribution in [-0.2, 0) is 14.8 Å². The van der Waals surface area contributed by atoms with Gasteiger partial charge in [0.05, 0.1) is 34.0 Å². The Balaban J connectivity index is 1.36. The number of carbonyl (C=O) groups excluding carboxylic acids is 1. The van der Waals surface area contributed by atoms with E-state index in [0.717, 1.165) is 5.69 Å². The van der Waals surface area contributed by atoms with Gasteiger partial charge in [-0.15, -0.1) is 0 Å². The van der Waals surface area contributed by atoms with Gasteiger partial charge in [0.25, 0.3) is 5.91 Å². The van der Waals surface area contributed by atoms with Crippen LogP contribution in [0, 0.1) is 0 Å². The molecule has 36 heavy (non-hydrogen) atoms. The number of furan rings is 1. The molecule has 0 bridgehead atoms. The van der Waals surface area contributed by atoms with Crippen molar-refractivity contribution >= 4 is 67.4 Å². The van der Waals surface area contributed by atoms with Crippen molar-refractivity contribution < 1.29 is 22.4 Å². The molecule has 2 fully saturated rings. The molecule has 2 saturated heterocycles. The molecular weight excluding hydrogens is 549 g/mol. The predicted molar refractivity (Wildman–Crippen MR) is 140 cm³/mol. The SMILES string of the molecule is O=C(c1cc2c(Cl)c(N3CCCN(S(=O)(=O)c4cccc(Cl)c4Cl)CC3)ccc2o1)N1CCOCC1. The third-order valence-electron chi connectivity index (χ3n) is 6.45. The van der Waals surface area contributed by atoms with Crippen molar-refractivity contribution in [3.8, 4) is 0 Å². The lowest BCUT2D eigenvalue weighted by Gasteiger charge is -2.25. The van der Waals surface area contributed by atoms with Gasteiger partial charge in [-0.2, -0.15) is 4.31 Å². The van der Waals surface area contributed by atoms with E-state index in [4.69, 9.17) is 44.0 Å². The van der Waals surface area contributed by atoms with Crippen LogP contribution < -0.4 is 4.90 Å². The summed E-state index contributed by atoms with van der Waals surface area (Å²) in [5, 5.41) is 1.33. The van der Waals surface area contributed by atoms with Crippen molar-refractivity contribution in [3.05, 3.63) is 57.2 Å². The molecule has 0 atom stereocenters. The first-order valence-electron chi connectivity index (χ1n) is 11.6. The molecule has 12 heteroatoms. The maximum Gasteiger partial charge on any atom is 0.289 e. The molecule has 0 N–H and O–H groups in total. The van der Waals surface area contributed by atoms with Crippen LogP contribution in [0.4, 0.5) is 5.69 Å². The van der Waals surface area contributed by atoms with Gasteiger partial charge in [-0.1, -0.05) is 40.9 Å². The first-order chi connectivity index (χ1) is 17.3. The zero-order valence-corrected chi connectivity index (χ0v) is 22.3. The maximum absolute atomic E-state index is 13.3. The van der Waals surface area contributed by atoms with Crippen LogP contribution in [0.1, 0.15) is 17.0 Å². The number of ether oxygens (including phenoxy) is 1. The van der Waals surface area contributed by atoms with Crippen molar-refractivity contribution in [2.75, 3.05) is 57.4 Å². The molecule has 2 aromatic carbocycles. The zero-order chi connectivity index (χ0) is 25.4. The van der Waals surface area contributed by atoms with Crippen molar-refractivity contribution in [2.45, 2.75) is 11.3 Å². The minimum atomic E-state index is -3.81. The van der Waals surface area contributed by atoms with Crippen LogP contribution in [-0.4, -0.2) is 76.0 Å². The van der Waals surface area contributed by atoms with E-state index >= 15 is 0 Å². The maximum atomic E-state index is 13.3. The van der Waals surface area contributed by atoms with Gasteiger partial charge in [-0.25, -0.2) is 8.42 Å². The number of carbonyl (C=O) groups is 1. The smallest absolute Gasteiger partial charge is 0.289 e. The van der Waals surface area contributed by atoms with Crippen molar-refractivity contribution in [2.24, 2.45) is 0 Å². The average Bonchev–Trinajstić information content (AvgIpc) is 3.16. The first kappa shape index (κ1) is 25.6. The lowest BCUT2D eigenvalue weighted by molar-refractivity contribution is 0.0284. The van der Waals surface area contributed by atoms with Gasteiger partial charge in [0.2, 0.25) is 10.0 Å². The van der Waals surface area contributed by atoms with E-state index in [-0.39, 0.29) is 33.2 Å². The third kappa shape index (κ3) is 4.80. The summed E-state index contributed by atoms with van der Waals surface area (Å²) in [7, 11) is -3.81. The van der Waals surface area contributed by atoms with Gasteiger partial charge in [-0.3, -0.25) is 4.79 Å². The zero-order valence-electron chi connectivity index (χ0n) is 19.3. The highest BCUT2D eigenvalue weighted by Crippen LogP contribution is 2.37. The quantitative estimate of drug-likeness (QED) is 0.448. The summed E-state index contributed by atoms with van der Waals surface area (Å²) in [6.07, 6.45) is 0.595. The minimum absolute atomic E-state index is 0.000398. The Hall–Kier alpha value is -2.01. The molecule has 1 aromatic heterocycles. The number of amides is 1. The fraction of sp³-hybridized carbons (Fsp3) is 0.375. The van der Waals surface area contributed by atoms with Gasteiger partial charge >= 0.3 is 0 Å². The van der Waals surface area contributed by atoms with Gasteiger partial charge in [0.1, 0.15) is 10.5 Å². The highest BCUT2D eigenvalue weighted by atomic mass is 35.5. The van der Waals surface area contributed by atoms with Crippen LogP contribution in [0.15, 0.2) is 45.7 Å². The summed E-state index contributed by atoms with van der Waals surface area (Å²) in [6, 6.07) is 9.90. The van der Waals surface area contributed by atoms with E-state index in [0.29, 0.717) is 68.4 Å². The fourth-order valence-corrected chi connectivity index (χ4v) is 7.07. The number of rotatable bonds is 4. The minimum Gasteiger partial charge on any atom is -0.451 e. The largest absolute Gasteiger partial charge is 0.451 e. The molecule has 0 radical (unpaired) electrons. The topological polar surface area (TPSA) is 83.3 Å². The van der Waals surface area contributed by atoms with E-state index in [1.807, 2.05) is 11.0 Å².